The van der Waals surface area contributed by atoms with E-state index in [2.05, 4.69) is 33.0 Å². The van der Waals surface area contributed by atoms with Crippen molar-refractivity contribution < 1.29 is 24.2 Å². The smallest absolute Gasteiger partial charge is 0.327 e. The second-order valence-electron chi connectivity index (χ2n) is 11.4. The number of carbonyl (C=O) groups is 3. The average molecular weight is 483 g/mol. The summed E-state index contributed by atoms with van der Waals surface area (Å²) in [5.41, 5.74) is -1.02. The molecule has 2 amide bonds. The van der Waals surface area contributed by atoms with Crippen molar-refractivity contribution in [3.63, 3.8) is 0 Å². The fourth-order valence-corrected chi connectivity index (χ4v) is 7.39. The number of hydrogen-bond donors (Lipinski definition) is 2. The molecule has 1 aliphatic carbocycles. The molecule has 3 rings (SSSR count). The quantitative estimate of drug-likeness (QED) is 0.482. The first kappa shape index (κ1) is 26.3. The van der Waals surface area contributed by atoms with Crippen LogP contribution in [0.5, 0.6) is 0 Å². The number of ether oxygens (including phenoxy) is 1. The highest BCUT2D eigenvalue weighted by Gasteiger charge is 2.64. The van der Waals surface area contributed by atoms with E-state index in [1.807, 2.05) is 20.8 Å². The number of unbranched alkanes of at least 4 members (excludes halogenated alkanes) is 1. The molecule has 3 aliphatic rings. The number of carboxylic acid groups (broad SMARTS) is 1. The van der Waals surface area contributed by atoms with E-state index in [1.165, 1.54) is 23.1 Å². The van der Waals surface area contributed by atoms with Gasteiger partial charge in [-0.05, 0) is 57.8 Å². The maximum absolute atomic E-state index is 13.6. The van der Waals surface area contributed by atoms with E-state index >= 15 is 0 Å². The van der Waals surface area contributed by atoms with Crippen LogP contribution >= 0.6 is 11.8 Å². The fraction of sp³-hybridized carbons (Fsp3) is 0.880. The lowest BCUT2D eigenvalue weighted by atomic mass is 9.75. The summed E-state index contributed by atoms with van der Waals surface area (Å²) in [6.07, 6.45) is 5.66. The van der Waals surface area contributed by atoms with E-state index in [-0.39, 0.29) is 23.3 Å². The van der Waals surface area contributed by atoms with Gasteiger partial charge in [-0.3, -0.25) is 9.59 Å². The van der Waals surface area contributed by atoms with Crippen molar-refractivity contribution >= 4 is 29.5 Å². The molecule has 7 atom stereocenters. The van der Waals surface area contributed by atoms with E-state index in [0.717, 1.165) is 25.7 Å². The molecule has 33 heavy (non-hydrogen) atoms. The standard InChI is InChI=1S/C25H42N2O5S/c1-8-9-12-25(7,32-17-13-15(4)10-11-16(17)14(2)3)23(31)26-18-20(28)27-19(22(29)30)24(5,6)33-21(18)27/h14-19,21H,8-13H2,1-7H3,(H,26,31)(H,29,30)/t15-,16-,17-,18-,19+,21+,25+/m1/s1. The van der Waals surface area contributed by atoms with Gasteiger partial charge in [0.15, 0.2) is 0 Å². The van der Waals surface area contributed by atoms with Gasteiger partial charge in [0.2, 0.25) is 5.91 Å². The van der Waals surface area contributed by atoms with Crippen molar-refractivity contribution in [1.82, 2.24) is 10.2 Å². The number of β-lactam (4-membered cyclic amide) rings is 1. The Kier molecular flexibility index (Phi) is 7.79. The lowest BCUT2D eigenvalue weighted by molar-refractivity contribution is -0.172. The van der Waals surface area contributed by atoms with Crippen LogP contribution < -0.4 is 5.32 Å². The Morgan fingerprint density at radius 1 is 1.33 bits per heavy atom. The number of nitrogens with one attached hydrogen (secondary N) is 1. The third-order valence-electron chi connectivity index (χ3n) is 7.82. The zero-order valence-electron chi connectivity index (χ0n) is 21.2. The highest BCUT2D eigenvalue weighted by Crippen LogP contribution is 2.51. The van der Waals surface area contributed by atoms with Gasteiger partial charge >= 0.3 is 5.97 Å². The maximum Gasteiger partial charge on any atom is 0.327 e. The van der Waals surface area contributed by atoms with Crippen LogP contribution in [0.2, 0.25) is 0 Å². The van der Waals surface area contributed by atoms with Crippen LogP contribution in [0.4, 0.5) is 0 Å². The minimum atomic E-state index is -1.02. The number of thioether (sulfide) groups is 1. The van der Waals surface area contributed by atoms with Gasteiger partial charge in [0.25, 0.3) is 5.91 Å². The van der Waals surface area contributed by atoms with Crippen LogP contribution in [0.3, 0.4) is 0 Å². The van der Waals surface area contributed by atoms with Crippen LogP contribution in [0, 0.1) is 17.8 Å². The second kappa shape index (κ2) is 9.76. The van der Waals surface area contributed by atoms with Crippen molar-refractivity contribution in [2.75, 3.05) is 0 Å². The Hall–Kier alpha value is -1.28. The lowest BCUT2D eigenvalue weighted by Gasteiger charge is -2.46. The number of rotatable bonds is 9. The van der Waals surface area contributed by atoms with Crippen molar-refractivity contribution in [2.24, 2.45) is 17.8 Å². The van der Waals surface area contributed by atoms with E-state index in [4.69, 9.17) is 4.74 Å². The summed E-state index contributed by atoms with van der Waals surface area (Å²) in [5.74, 6) is -0.119. The monoisotopic (exact) mass is 482 g/mol. The number of nitrogens with zero attached hydrogens (tertiary/aromatic N) is 1. The first-order chi connectivity index (χ1) is 15.3. The number of carbonyl (C=O) groups excluding carboxylic acids is 2. The molecule has 2 saturated heterocycles. The average Bonchev–Trinajstić information content (AvgIpc) is 2.98. The molecule has 0 bridgehead atoms. The summed E-state index contributed by atoms with van der Waals surface area (Å²) in [6.45, 7) is 14.3. The molecule has 1 saturated carbocycles. The molecule has 0 aromatic rings. The molecule has 7 nitrogen and oxygen atoms in total. The van der Waals surface area contributed by atoms with Gasteiger partial charge in [-0.1, -0.05) is 47.0 Å². The van der Waals surface area contributed by atoms with Crippen LogP contribution in [-0.4, -0.2) is 61.7 Å². The summed E-state index contributed by atoms with van der Waals surface area (Å²) in [4.78, 5) is 39.7. The predicted molar refractivity (Wildman–Crippen MR) is 130 cm³/mol. The van der Waals surface area contributed by atoms with Crippen molar-refractivity contribution in [3.05, 3.63) is 0 Å². The zero-order chi connectivity index (χ0) is 24.7. The van der Waals surface area contributed by atoms with Crippen LogP contribution in [0.1, 0.15) is 87.0 Å². The Morgan fingerprint density at radius 2 is 2.00 bits per heavy atom. The minimum absolute atomic E-state index is 0.0196. The van der Waals surface area contributed by atoms with Gasteiger partial charge in [-0.25, -0.2) is 4.79 Å². The summed E-state index contributed by atoms with van der Waals surface area (Å²) in [6, 6.07) is -1.59. The second-order valence-corrected chi connectivity index (χ2v) is 13.1. The van der Waals surface area contributed by atoms with Gasteiger partial charge in [0, 0.05) is 4.75 Å². The lowest BCUT2D eigenvalue weighted by Crippen LogP contribution is -2.72. The molecule has 3 fully saturated rings. The van der Waals surface area contributed by atoms with Gasteiger partial charge in [-0.15, -0.1) is 11.8 Å². The highest BCUT2D eigenvalue weighted by atomic mass is 32.2. The Bertz CT molecular complexity index is 772. The largest absolute Gasteiger partial charge is 0.480 e. The number of amides is 2. The number of hydrogen-bond acceptors (Lipinski definition) is 5. The van der Waals surface area contributed by atoms with Crippen LogP contribution in [0.15, 0.2) is 0 Å². The highest BCUT2D eigenvalue weighted by molar-refractivity contribution is 8.01. The summed E-state index contributed by atoms with van der Waals surface area (Å²) >= 11 is 1.45. The van der Waals surface area contributed by atoms with Gasteiger partial charge in [0.05, 0.1) is 6.10 Å². The zero-order valence-corrected chi connectivity index (χ0v) is 22.0. The van der Waals surface area contributed by atoms with Gasteiger partial charge in [0.1, 0.15) is 23.1 Å². The molecule has 0 aromatic carbocycles. The molecule has 2 N–H and O–H groups in total. The molecule has 2 aliphatic heterocycles. The summed E-state index contributed by atoms with van der Waals surface area (Å²) in [7, 11) is 0. The molecule has 8 heteroatoms. The Labute approximate surface area is 202 Å². The molecule has 188 valence electrons. The van der Waals surface area contributed by atoms with Crippen molar-refractivity contribution in [2.45, 2.75) is 121 Å². The van der Waals surface area contributed by atoms with E-state index < -0.39 is 28.4 Å². The van der Waals surface area contributed by atoms with Gasteiger partial charge < -0.3 is 20.1 Å². The molecule has 0 radical (unpaired) electrons. The van der Waals surface area contributed by atoms with Crippen molar-refractivity contribution in [1.29, 1.82) is 0 Å². The predicted octanol–water partition coefficient (Wildman–Crippen LogP) is 4.04. The van der Waals surface area contributed by atoms with E-state index in [9.17, 15) is 19.5 Å². The fourth-order valence-electron chi connectivity index (χ4n) is 5.76. The first-order valence-electron chi connectivity index (χ1n) is 12.5. The number of aliphatic carboxylic acids is 1. The number of fused-ring (bicyclic) bond motifs is 1. The molecular formula is C25H42N2O5S. The van der Waals surface area contributed by atoms with Gasteiger partial charge in [-0.2, -0.15) is 0 Å². The molecule has 0 aromatic heterocycles. The van der Waals surface area contributed by atoms with Crippen molar-refractivity contribution in [3.8, 4) is 0 Å². The molecule has 0 spiro atoms. The number of carboxylic acids is 1. The molecular weight excluding hydrogens is 440 g/mol. The maximum atomic E-state index is 13.6. The Morgan fingerprint density at radius 3 is 2.58 bits per heavy atom. The molecule has 0 unspecified atom stereocenters. The normalized spacial score (nSPS) is 35.0. The van der Waals surface area contributed by atoms with Crippen LogP contribution in [0.25, 0.3) is 0 Å². The van der Waals surface area contributed by atoms with E-state index in [1.54, 1.807) is 0 Å². The summed E-state index contributed by atoms with van der Waals surface area (Å²) < 4.78 is 6.05. The van der Waals surface area contributed by atoms with Crippen LogP contribution in [-0.2, 0) is 19.1 Å². The summed E-state index contributed by atoms with van der Waals surface area (Å²) in [5, 5.41) is 12.2. The topological polar surface area (TPSA) is 95.9 Å². The molecule has 2 heterocycles. The minimum Gasteiger partial charge on any atom is -0.480 e. The Balaban J connectivity index is 1.76. The SMILES string of the molecule is CCCC[C@](C)(O[C@@H]1C[C@H](C)CC[C@@H]1C(C)C)C(=O)N[C@@H]1C(=O)N2[C@@H](C(=O)O)C(C)(C)S[C@@H]12. The van der Waals surface area contributed by atoms with E-state index in [0.29, 0.717) is 24.2 Å². The third-order valence-corrected chi connectivity index (χ3v) is 9.39. The first-order valence-corrected chi connectivity index (χ1v) is 13.4. The third kappa shape index (κ3) is 5.07.